The van der Waals surface area contributed by atoms with Crippen LogP contribution in [0.4, 0.5) is 0 Å². The number of hydrogen-bond acceptors (Lipinski definition) is 3. The summed E-state index contributed by atoms with van der Waals surface area (Å²) in [7, 11) is 1.91. The lowest BCUT2D eigenvalue weighted by Crippen LogP contribution is -2.49. The van der Waals surface area contributed by atoms with E-state index in [-0.39, 0.29) is 11.3 Å². The van der Waals surface area contributed by atoms with Gasteiger partial charge in [-0.2, -0.15) is 0 Å². The van der Waals surface area contributed by atoms with Crippen LogP contribution >= 0.6 is 0 Å². The van der Waals surface area contributed by atoms with Gasteiger partial charge in [-0.3, -0.25) is 9.69 Å². The summed E-state index contributed by atoms with van der Waals surface area (Å²) in [6.07, 6.45) is 12.2. The molecule has 0 spiro atoms. The molecule has 0 saturated carbocycles. The Morgan fingerprint density at radius 2 is 2.18 bits per heavy atom. The largest absolute Gasteiger partial charge is 0.347 e. The molecule has 28 heavy (non-hydrogen) atoms. The Kier molecular flexibility index (Phi) is 5.36. The van der Waals surface area contributed by atoms with Gasteiger partial charge in [-0.15, -0.1) is 0 Å². The first-order chi connectivity index (χ1) is 13.6. The number of fused-ring (bicyclic) bond motifs is 2. The Morgan fingerprint density at radius 1 is 1.36 bits per heavy atom. The van der Waals surface area contributed by atoms with Gasteiger partial charge in [-0.1, -0.05) is 49.4 Å². The molecular formula is C23H30N4O. The van der Waals surface area contributed by atoms with Crippen LogP contribution in [0.2, 0.25) is 0 Å². The number of imidazole rings is 1. The van der Waals surface area contributed by atoms with Crippen molar-refractivity contribution >= 4 is 12.0 Å². The minimum atomic E-state index is -0.259. The molecule has 1 aromatic carbocycles. The summed E-state index contributed by atoms with van der Waals surface area (Å²) in [5.41, 5.74) is 0.968. The summed E-state index contributed by atoms with van der Waals surface area (Å²) in [5.74, 6) is 1.11. The zero-order chi connectivity index (χ0) is 19.6. The number of nitrogens with one attached hydrogen (secondary N) is 1. The smallest absolute Gasteiger partial charge is 0.230 e. The Hall–Kier alpha value is -2.40. The monoisotopic (exact) mass is 378 g/mol. The van der Waals surface area contributed by atoms with Crippen molar-refractivity contribution in [1.29, 1.82) is 0 Å². The van der Waals surface area contributed by atoms with E-state index in [1.54, 1.807) is 6.20 Å². The van der Waals surface area contributed by atoms with E-state index in [2.05, 4.69) is 58.2 Å². The van der Waals surface area contributed by atoms with E-state index >= 15 is 0 Å². The lowest BCUT2D eigenvalue weighted by Gasteiger charge is -2.38. The maximum Gasteiger partial charge on any atom is 0.230 e. The zero-order valence-electron chi connectivity index (χ0n) is 16.8. The Labute approximate surface area is 167 Å². The van der Waals surface area contributed by atoms with Crippen molar-refractivity contribution in [2.75, 3.05) is 13.6 Å². The maximum atomic E-state index is 13.5. The van der Waals surface area contributed by atoms with E-state index in [4.69, 9.17) is 0 Å². The van der Waals surface area contributed by atoms with Crippen molar-refractivity contribution < 1.29 is 4.79 Å². The molecule has 3 heterocycles. The number of rotatable bonds is 7. The first-order valence-electron chi connectivity index (χ1n) is 10.3. The van der Waals surface area contributed by atoms with Crippen LogP contribution in [0.15, 0.2) is 48.8 Å². The van der Waals surface area contributed by atoms with Crippen LogP contribution < -0.4 is 0 Å². The number of amides is 1. The molecule has 2 aliphatic heterocycles. The van der Waals surface area contributed by atoms with E-state index in [1.807, 2.05) is 24.2 Å². The van der Waals surface area contributed by atoms with Gasteiger partial charge in [0, 0.05) is 38.1 Å². The minimum Gasteiger partial charge on any atom is -0.347 e. The first kappa shape index (κ1) is 18.9. The predicted octanol–water partition coefficient (Wildman–Crippen LogP) is 3.71. The Morgan fingerprint density at radius 3 is 2.89 bits per heavy atom. The first-order valence-corrected chi connectivity index (χ1v) is 10.3. The van der Waals surface area contributed by atoms with Crippen LogP contribution in [0.1, 0.15) is 44.0 Å². The summed E-state index contributed by atoms with van der Waals surface area (Å²) >= 11 is 0. The number of carbonyl (C=O) groups is 1. The zero-order valence-corrected chi connectivity index (χ0v) is 16.8. The number of aromatic nitrogens is 2. The van der Waals surface area contributed by atoms with Crippen molar-refractivity contribution in [3.05, 3.63) is 60.2 Å². The molecule has 4 rings (SSSR count). The Balaban J connectivity index is 1.46. The van der Waals surface area contributed by atoms with Crippen molar-refractivity contribution in [2.24, 2.45) is 5.41 Å². The van der Waals surface area contributed by atoms with Crippen molar-refractivity contribution in [3.8, 4) is 0 Å². The third kappa shape index (κ3) is 3.39. The van der Waals surface area contributed by atoms with Crippen molar-refractivity contribution in [1.82, 2.24) is 19.8 Å². The molecule has 148 valence electrons. The summed E-state index contributed by atoms with van der Waals surface area (Å²) in [6, 6.07) is 11.3. The minimum absolute atomic E-state index is 0.259. The summed E-state index contributed by atoms with van der Waals surface area (Å²) in [6.45, 7) is 3.64. The molecule has 2 fully saturated rings. The number of hydrogen-bond donors (Lipinski definition) is 1. The molecule has 3 atom stereocenters. The highest BCUT2D eigenvalue weighted by atomic mass is 16.2. The molecule has 2 bridgehead atoms. The molecule has 0 radical (unpaired) electrons. The second-order valence-electron chi connectivity index (χ2n) is 8.17. The topological polar surface area (TPSA) is 52.2 Å². The predicted molar refractivity (Wildman–Crippen MR) is 111 cm³/mol. The average Bonchev–Trinajstić information content (AvgIpc) is 3.44. The SMILES string of the molecule is CC[C@@]1(C(=O)N(C)Cc2ncc[nH]2)C[C@@H]2CC[C@H]1N2C/C=C/c1ccccc1. The summed E-state index contributed by atoms with van der Waals surface area (Å²) in [4.78, 5) is 25.3. The van der Waals surface area contributed by atoms with Gasteiger partial charge in [-0.25, -0.2) is 4.98 Å². The molecule has 0 unspecified atom stereocenters. The molecule has 1 aromatic heterocycles. The van der Waals surface area contributed by atoms with Crippen LogP contribution in [0.3, 0.4) is 0 Å². The number of aromatic amines is 1. The molecule has 2 aliphatic rings. The van der Waals surface area contributed by atoms with E-state index in [9.17, 15) is 4.79 Å². The highest BCUT2D eigenvalue weighted by Crippen LogP contribution is 2.52. The van der Waals surface area contributed by atoms with Gasteiger partial charge < -0.3 is 9.88 Å². The van der Waals surface area contributed by atoms with Gasteiger partial charge in [0.05, 0.1) is 12.0 Å². The van der Waals surface area contributed by atoms with Crippen LogP contribution in [0, 0.1) is 5.41 Å². The van der Waals surface area contributed by atoms with Gasteiger partial charge in [0.1, 0.15) is 5.82 Å². The van der Waals surface area contributed by atoms with Crippen LogP contribution in [-0.2, 0) is 11.3 Å². The summed E-state index contributed by atoms with van der Waals surface area (Å²) < 4.78 is 0. The van der Waals surface area contributed by atoms with Crippen LogP contribution in [-0.4, -0.2) is 51.4 Å². The van der Waals surface area contributed by atoms with Gasteiger partial charge >= 0.3 is 0 Å². The lowest BCUT2D eigenvalue weighted by atomic mass is 9.71. The second-order valence-corrected chi connectivity index (χ2v) is 8.17. The Bertz CT molecular complexity index is 816. The van der Waals surface area contributed by atoms with Gasteiger partial charge in [0.2, 0.25) is 5.91 Å². The number of carbonyl (C=O) groups excluding carboxylic acids is 1. The maximum absolute atomic E-state index is 13.5. The quantitative estimate of drug-likeness (QED) is 0.799. The molecule has 1 N–H and O–H groups in total. The van der Waals surface area contributed by atoms with Crippen molar-refractivity contribution in [3.63, 3.8) is 0 Å². The van der Waals surface area contributed by atoms with Gasteiger partial charge in [0.15, 0.2) is 0 Å². The third-order valence-electron chi connectivity index (χ3n) is 6.65. The normalized spacial score (nSPS) is 26.9. The number of H-pyrrole nitrogens is 1. The highest BCUT2D eigenvalue weighted by molar-refractivity contribution is 5.84. The average molecular weight is 379 g/mol. The van der Waals surface area contributed by atoms with E-state index in [0.717, 1.165) is 31.6 Å². The van der Waals surface area contributed by atoms with Crippen molar-refractivity contribution in [2.45, 2.75) is 51.2 Å². The third-order valence-corrected chi connectivity index (χ3v) is 6.65. The molecule has 2 aromatic rings. The molecule has 5 nitrogen and oxygen atoms in total. The second kappa shape index (κ2) is 7.92. The molecular weight excluding hydrogens is 348 g/mol. The van der Waals surface area contributed by atoms with E-state index < -0.39 is 0 Å². The van der Waals surface area contributed by atoms with E-state index in [1.165, 1.54) is 12.0 Å². The highest BCUT2D eigenvalue weighted by Gasteiger charge is 2.58. The fourth-order valence-electron chi connectivity index (χ4n) is 5.28. The van der Waals surface area contributed by atoms with Crippen LogP contribution in [0.25, 0.3) is 6.08 Å². The molecule has 0 aliphatic carbocycles. The van der Waals surface area contributed by atoms with Gasteiger partial charge in [-0.05, 0) is 31.2 Å². The number of nitrogens with zero attached hydrogens (tertiary/aromatic N) is 3. The van der Waals surface area contributed by atoms with Crippen LogP contribution in [0.5, 0.6) is 0 Å². The lowest BCUT2D eigenvalue weighted by molar-refractivity contribution is -0.143. The fraction of sp³-hybridized carbons (Fsp3) is 0.478. The standard InChI is InChI=1S/C23H30N4O/c1-3-23(22(28)26(2)17-21-24-13-14-25-21)16-19-11-12-20(23)27(19)15-7-10-18-8-5-4-6-9-18/h4-10,13-14,19-20H,3,11-12,15-17H2,1-2H3,(H,24,25)/b10-7+/t19-,20+,23+/m0/s1. The van der Waals surface area contributed by atoms with Gasteiger partial charge in [0.25, 0.3) is 0 Å². The summed E-state index contributed by atoms with van der Waals surface area (Å²) in [5, 5.41) is 0. The fourth-order valence-corrected chi connectivity index (χ4v) is 5.28. The number of benzene rings is 1. The van der Waals surface area contributed by atoms with E-state index in [0.29, 0.717) is 18.6 Å². The molecule has 2 saturated heterocycles. The molecule has 1 amide bonds. The molecule has 5 heteroatoms.